The Bertz CT molecular complexity index is 966. The van der Waals surface area contributed by atoms with Gasteiger partial charge in [-0.3, -0.25) is 14.5 Å². The molecule has 0 aliphatic carbocycles. The highest BCUT2D eigenvalue weighted by Crippen LogP contribution is 2.28. The fourth-order valence-corrected chi connectivity index (χ4v) is 3.04. The van der Waals surface area contributed by atoms with Crippen molar-refractivity contribution >= 4 is 23.5 Å². The number of aryl methyl sites for hydroxylation is 1. The van der Waals surface area contributed by atoms with E-state index < -0.39 is 5.54 Å². The second-order valence-electron chi connectivity index (χ2n) is 6.50. The molecule has 0 unspecified atom stereocenters. The number of anilines is 1. The summed E-state index contributed by atoms with van der Waals surface area (Å²) >= 11 is 6.25. The van der Waals surface area contributed by atoms with E-state index in [0.717, 1.165) is 11.3 Å². The van der Waals surface area contributed by atoms with E-state index in [2.05, 4.69) is 30.7 Å². The zero-order valence-electron chi connectivity index (χ0n) is 15.5. The van der Waals surface area contributed by atoms with Crippen molar-refractivity contribution < 1.29 is 4.79 Å². The van der Waals surface area contributed by atoms with Crippen LogP contribution in [0, 0.1) is 0 Å². The van der Waals surface area contributed by atoms with Crippen molar-refractivity contribution in [1.82, 2.24) is 30.0 Å². The largest absolute Gasteiger partial charge is 0.354 e. The van der Waals surface area contributed by atoms with Crippen molar-refractivity contribution in [3.05, 3.63) is 53.2 Å². The first-order chi connectivity index (χ1) is 12.8. The number of nitrogens with one attached hydrogen (secondary N) is 2. The zero-order chi connectivity index (χ0) is 19.6. The van der Waals surface area contributed by atoms with Crippen LogP contribution in [0.1, 0.15) is 30.0 Å². The Morgan fingerprint density at radius 1 is 1.22 bits per heavy atom. The highest BCUT2D eigenvalue weighted by Gasteiger charge is 2.25. The molecule has 3 aromatic rings. The first-order valence-corrected chi connectivity index (χ1v) is 8.67. The summed E-state index contributed by atoms with van der Waals surface area (Å²) in [5.74, 6) is 0.198. The average Bonchev–Trinajstić information content (AvgIpc) is 3.03. The number of amides is 1. The molecule has 3 rings (SSSR count). The lowest BCUT2D eigenvalue weighted by Gasteiger charge is -2.26. The third kappa shape index (κ3) is 3.90. The molecule has 3 heterocycles. The summed E-state index contributed by atoms with van der Waals surface area (Å²) in [5, 5.41) is 10.6. The molecule has 0 radical (unpaired) electrons. The number of pyridine rings is 1. The lowest BCUT2D eigenvalue weighted by molar-refractivity contribution is 0.0957. The fraction of sp³-hybridized carbons (Fsp3) is 0.278. The van der Waals surface area contributed by atoms with Crippen LogP contribution in [-0.2, 0) is 12.6 Å². The Balaban J connectivity index is 1.83. The van der Waals surface area contributed by atoms with Gasteiger partial charge < -0.3 is 10.6 Å². The lowest BCUT2D eigenvalue weighted by Crippen LogP contribution is -2.30. The van der Waals surface area contributed by atoms with Crippen LogP contribution in [0.25, 0.3) is 11.3 Å². The number of nitrogens with zero attached hydrogens (tertiary/aromatic N) is 5. The maximum absolute atomic E-state index is 11.7. The average molecular weight is 386 g/mol. The van der Waals surface area contributed by atoms with Gasteiger partial charge in [-0.2, -0.15) is 5.10 Å². The molecule has 1 amide bonds. The molecule has 0 spiro atoms. The van der Waals surface area contributed by atoms with Gasteiger partial charge in [0.15, 0.2) is 5.69 Å². The lowest BCUT2D eigenvalue weighted by atomic mass is 10.00. The number of halogens is 1. The summed E-state index contributed by atoms with van der Waals surface area (Å²) in [6.45, 7) is 3.91. The monoisotopic (exact) mass is 385 g/mol. The van der Waals surface area contributed by atoms with Gasteiger partial charge in [0, 0.05) is 38.2 Å². The number of carbonyl (C=O) groups excluding carboxylic acids is 1. The molecule has 0 saturated carbocycles. The molecule has 0 aromatic carbocycles. The van der Waals surface area contributed by atoms with E-state index >= 15 is 0 Å². The van der Waals surface area contributed by atoms with Crippen LogP contribution in [0.2, 0.25) is 5.02 Å². The predicted molar refractivity (Wildman–Crippen MR) is 104 cm³/mol. The Morgan fingerprint density at radius 3 is 2.56 bits per heavy atom. The summed E-state index contributed by atoms with van der Waals surface area (Å²) in [4.78, 5) is 24.8. The summed E-state index contributed by atoms with van der Waals surface area (Å²) in [6, 6.07) is 5.28. The van der Waals surface area contributed by atoms with Crippen LogP contribution in [0.15, 0.2) is 36.8 Å². The van der Waals surface area contributed by atoms with Crippen LogP contribution in [0.5, 0.6) is 0 Å². The highest BCUT2D eigenvalue weighted by molar-refractivity contribution is 6.31. The maximum atomic E-state index is 11.7. The molecule has 140 valence electrons. The minimum Gasteiger partial charge on any atom is -0.354 e. The number of hydrogen-bond donors (Lipinski definition) is 2. The molecule has 9 heteroatoms. The van der Waals surface area contributed by atoms with E-state index in [0.29, 0.717) is 22.4 Å². The van der Waals surface area contributed by atoms with Crippen molar-refractivity contribution in [3.8, 4) is 11.3 Å². The molecule has 27 heavy (non-hydrogen) atoms. The molecular weight excluding hydrogens is 366 g/mol. The number of rotatable bonds is 5. The Labute approximate surface area is 162 Å². The van der Waals surface area contributed by atoms with Crippen LogP contribution >= 0.6 is 11.6 Å². The Kier molecular flexibility index (Phi) is 5.09. The molecule has 0 aliphatic rings. The molecule has 0 saturated heterocycles. The first kappa shape index (κ1) is 18.8. The molecule has 2 N–H and O–H groups in total. The summed E-state index contributed by atoms with van der Waals surface area (Å²) in [5.41, 5.74) is 1.98. The van der Waals surface area contributed by atoms with Gasteiger partial charge in [0.2, 0.25) is 5.95 Å². The van der Waals surface area contributed by atoms with Gasteiger partial charge in [-0.15, -0.1) is 0 Å². The van der Waals surface area contributed by atoms with E-state index in [4.69, 9.17) is 11.6 Å². The third-order valence-corrected chi connectivity index (χ3v) is 4.37. The van der Waals surface area contributed by atoms with Crippen LogP contribution < -0.4 is 10.6 Å². The topological polar surface area (TPSA) is 97.6 Å². The van der Waals surface area contributed by atoms with Crippen molar-refractivity contribution in [2.24, 2.45) is 7.05 Å². The highest BCUT2D eigenvalue weighted by atomic mass is 35.5. The molecule has 0 atom stereocenters. The van der Waals surface area contributed by atoms with E-state index in [1.807, 2.05) is 13.8 Å². The summed E-state index contributed by atoms with van der Waals surface area (Å²) in [7, 11) is 3.33. The van der Waals surface area contributed by atoms with E-state index in [1.165, 1.54) is 0 Å². The number of carbonyl (C=O) groups is 1. The van der Waals surface area contributed by atoms with Gasteiger partial charge in [-0.1, -0.05) is 11.6 Å². The van der Waals surface area contributed by atoms with Gasteiger partial charge in [-0.25, -0.2) is 9.97 Å². The Hall–Kier alpha value is -3.00. The number of aromatic nitrogens is 5. The first-order valence-electron chi connectivity index (χ1n) is 8.29. The van der Waals surface area contributed by atoms with Gasteiger partial charge in [0.25, 0.3) is 5.91 Å². The van der Waals surface area contributed by atoms with Crippen molar-refractivity contribution in [2.75, 3.05) is 12.4 Å². The van der Waals surface area contributed by atoms with Gasteiger partial charge in [0.1, 0.15) is 0 Å². The second kappa shape index (κ2) is 7.32. The normalized spacial score (nSPS) is 11.3. The third-order valence-electron chi connectivity index (χ3n) is 4.06. The van der Waals surface area contributed by atoms with E-state index in [1.54, 1.807) is 55.6 Å². The summed E-state index contributed by atoms with van der Waals surface area (Å²) < 4.78 is 1.62. The standard InChI is InChI=1S/C18H20ClN7O/c1-18(2,15-12(19)6-5-7-21-15)24-17-22-9-11(10-23-17)14-8-13(16(27)20-3)25-26(14)4/h5-10H,1-4H3,(H,20,27)(H,22,23,24). The Morgan fingerprint density at radius 2 is 1.93 bits per heavy atom. The predicted octanol–water partition coefficient (Wildman–Crippen LogP) is 2.63. The molecule has 8 nitrogen and oxygen atoms in total. The second-order valence-corrected chi connectivity index (χ2v) is 6.90. The van der Waals surface area contributed by atoms with Crippen LogP contribution in [0.4, 0.5) is 5.95 Å². The molecule has 0 fully saturated rings. The van der Waals surface area contributed by atoms with Gasteiger partial charge in [-0.05, 0) is 32.0 Å². The van der Waals surface area contributed by atoms with Crippen molar-refractivity contribution in [3.63, 3.8) is 0 Å². The van der Waals surface area contributed by atoms with Gasteiger partial charge >= 0.3 is 0 Å². The molecule has 3 aromatic heterocycles. The van der Waals surface area contributed by atoms with E-state index in [9.17, 15) is 4.79 Å². The smallest absolute Gasteiger partial charge is 0.271 e. The quantitative estimate of drug-likeness (QED) is 0.700. The fourth-order valence-electron chi connectivity index (χ4n) is 2.69. The maximum Gasteiger partial charge on any atom is 0.271 e. The molecule has 0 bridgehead atoms. The number of hydrogen-bond acceptors (Lipinski definition) is 6. The van der Waals surface area contributed by atoms with Crippen LogP contribution in [-0.4, -0.2) is 37.7 Å². The van der Waals surface area contributed by atoms with Crippen LogP contribution in [0.3, 0.4) is 0 Å². The van der Waals surface area contributed by atoms with E-state index in [-0.39, 0.29) is 5.91 Å². The minimum atomic E-state index is -0.557. The molecule has 0 aliphatic heterocycles. The SMILES string of the molecule is CNC(=O)c1cc(-c2cnc(NC(C)(C)c3ncccc3Cl)nc2)n(C)n1. The summed E-state index contributed by atoms with van der Waals surface area (Å²) in [6.07, 6.45) is 5.05. The minimum absolute atomic E-state index is 0.245. The van der Waals surface area contributed by atoms with Gasteiger partial charge in [0.05, 0.1) is 21.9 Å². The molecular formula is C18H20ClN7O. The van der Waals surface area contributed by atoms with Crippen molar-refractivity contribution in [1.29, 1.82) is 0 Å². The van der Waals surface area contributed by atoms with Crippen molar-refractivity contribution in [2.45, 2.75) is 19.4 Å². The zero-order valence-corrected chi connectivity index (χ0v) is 16.2.